The van der Waals surface area contributed by atoms with E-state index >= 15 is 0 Å². The van der Waals surface area contributed by atoms with Crippen molar-refractivity contribution in [1.82, 2.24) is 10.3 Å². The van der Waals surface area contributed by atoms with Gasteiger partial charge in [-0.2, -0.15) is 0 Å². The van der Waals surface area contributed by atoms with Gasteiger partial charge in [0.25, 0.3) is 0 Å². The van der Waals surface area contributed by atoms with Gasteiger partial charge in [-0.15, -0.1) is 0 Å². The highest BCUT2D eigenvalue weighted by atomic mass is 14.9. The van der Waals surface area contributed by atoms with E-state index in [1.54, 1.807) is 0 Å². The van der Waals surface area contributed by atoms with Gasteiger partial charge in [0.15, 0.2) is 0 Å². The maximum Gasteiger partial charge on any atom is 0.0315 e. The predicted octanol–water partition coefficient (Wildman–Crippen LogP) is 3.45. The van der Waals surface area contributed by atoms with Gasteiger partial charge in [0.2, 0.25) is 0 Å². The van der Waals surface area contributed by atoms with Gasteiger partial charge in [-0.05, 0) is 49.8 Å². The number of rotatable bonds is 4. The van der Waals surface area contributed by atoms with Crippen molar-refractivity contribution in [2.75, 3.05) is 0 Å². The van der Waals surface area contributed by atoms with Crippen LogP contribution in [0, 0.1) is 12.8 Å². The molecule has 1 aliphatic rings. The zero-order valence-corrected chi connectivity index (χ0v) is 11.1. The Morgan fingerprint density at radius 2 is 2.12 bits per heavy atom. The Morgan fingerprint density at radius 1 is 1.35 bits per heavy atom. The molecule has 0 unspecified atom stereocenters. The molecule has 0 aromatic carbocycles. The fourth-order valence-corrected chi connectivity index (χ4v) is 2.75. The molecule has 1 aliphatic carbocycles. The van der Waals surface area contributed by atoms with Crippen LogP contribution in [0.4, 0.5) is 0 Å². The molecule has 2 nitrogen and oxygen atoms in total. The molecule has 2 rings (SSSR count). The van der Waals surface area contributed by atoms with Gasteiger partial charge in [0.1, 0.15) is 0 Å². The summed E-state index contributed by atoms with van der Waals surface area (Å²) >= 11 is 0. The summed E-state index contributed by atoms with van der Waals surface area (Å²) in [6.45, 7) is 5.45. The fraction of sp³-hybridized carbons (Fsp3) is 0.667. The molecule has 17 heavy (non-hydrogen) atoms. The van der Waals surface area contributed by atoms with E-state index in [0.29, 0.717) is 6.04 Å². The molecule has 1 aromatic rings. The third-order valence-corrected chi connectivity index (χ3v) is 4.12. The first-order valence-corrected chi connectivity index (χ1v) is 6.90. The van der Waals surface area contributed by atoms with Crippen molar-refractivity contribution in [3.05, 3.63) is 29.6 Å². The molecule has 0 bridgehead atoms. The van der Waals surface area contributed by atoms with Crippen LogP contribution < -0.4 is 5.32 Å². The summed E-state index contributed by atoms with van der Waals surface area (Å²) in [6.07, 6.45) is 10.9. The minimum Gasteiger partial charge on any atom is -0.310 e. The number of hydrogen-bond acceptors (Lipinski definition) is 2. The van der Waals surface area contributed by atoms with Crippen LogP contribution in [0.25, 0.3) is 0 Å². The summed E-state index contributed by atoms with van der Waals surface area (Å²) in [5.74, 6) is 0.876. The summed E-state index contributed by atoms with van der Waals surface area (Å²) in [4.78, 5) is 4.20. The van der Waals surface area contributed by atoms with E-state index in [1.807, 2.05) is 12.4 Å². The average molecular weight is 232 g/mol. The largest absolute Gasteiger partial charge is 0.310 e. The Bertz CT molecular complexity index is 343. The van der Waals surface area contributed by atoms with Crippen LogP contribution in [0.15, 0.2) is 18.5 Å². The molecule has 94 valence electrons. The molecule has 1 saturated carbocycles. The quantitative estimate of drug-likeness (QED) is 0.860. The number of nitrogens with zero attached hydrogens (tertiary/aromatic N) is 1. The summed E-state index contributed by atoms with van der Waals surface area (Å²) in [5, 5.41) is 3.67. The van der Waals surface area contributed by atoms with Gasteiger partial charge in [-0.25, -0.2) is 0 Å². The summed E-state index contributed by atoms with van der Waals surface area (Å²) in [6, 6.07) is 2.72. The highest BCUT2D eigenvalue weighted by Gasteiger charge is 2.19. The Hall–Kier alpha value is -0.890. The molecule has 1 heterocycles. The first kappa shape index (κ1) is 12.6. The molecule has 0 radical (unpaired) electrons. The number of nitrogens with one attached hydrogen (secondary N) is 1. The summed E-state index contributed by atoms with van der Waals surface area (Å²) < 4.78 is 0. The molecule has 1 fully saturated rings. The highest BCUT2D eigenvalue weighted by Crippen LogP contribution is 2.26. The molecule has 0 saturated heterocycles. The van der Waals surface area contributed by atoms with Crippen molar-refractivity contribution in [3.8, 4) is 0 Å². The number of aromatic nitrogens is 1. The Morgan fingerprint density at radius 3 is 2.82 bits per heavy atom. The lowest BCUT2D eigenvalue weighted by molar-refractivity contribution is 0.280. The molecular formula is C15H24N2. The maximum atomic E-state index is 4.20. The lowest BCUT2D eigenvalue weighted by atomic mass is 9.84. The van der Waals surface area contributed by atoms with Crippen LogP contribution >= 0.6 is 0 Å². The van der Waals surface area contributed by atoms with Crippen molar-refractivity contribution < 1.29 is 0 Å². The predicted molar refractivity (Wildman–Crippen MR) is 71.9 cm³/mol. The normalized spacial score (nSPS) is 19.2. The Balaban J connectivity index is 1.83. The van der Waals surface area contributed by atoms with Gasteiger partial charge < -0.3 is 5.32 Å². The van der Waals surface area contributed by atoms with Crippen molar-refractivity contribution in [3.63, 3.8) is 0 Å². The molecule has 0 amide bonds. The second-order valence-corrected chi connectivity index (χ2v) is 5.37. The van der Waals surface area contributed by atoms with Crippen molar-refractivity contribution >= 4 is 0 Å². The lowest BCUT2D eigenvalue weighted by Crippen LogP contribution is -2.34. The number of hydrogen-bond donors (Lipinski definition) is 1. The van der Waals surface area contributed by atoms with Gasteiger partial charge in [0.05, 0.1) is 0 Å². The third kappa shape index (κ3) is 3.53. The van der Waals surface area contributed by atoms with Crippen LogP contribution in [-0.4, -0.2) is 11.0 Å². The van der Waals surface area contributed by atoms with Crippen molar-refractivity contribution in [1.29, 1.82) is 0 Å². The van der Waals surface area contributed by atoms with Crippen LogP contribution in [0.1, 0.15) is 50.2 Å². The zero-order valence-electron chi connectivity index (χ0n) is 11.1. The Labute approximate surface area is 105 Å². The highest BCUT2D eigenvalue weighted by molar-refractivity contribution is 5.21. The van der Waals surface area contributed by atoms with E-state index in [9.17, 15) is 0 Å². The van der Waals surface area contributed by atoms with Crippen LogP contribution in [-0.2, 0) is 6.54 Å². The zero-order chi connectivity index (χ0) is 12.1. The van der Waals surface area contributed by atoms with Crippen LogP contribution in [0.2, 0.25) is 0 Å². The molecule has 0 spiro atoms. The monoisotopic (exact) mass is 232 g/mol. The van der Waals surface area contributed by atoms with E-state index < -0.39 is 0 Å². The van der Waals surface area contributed by atoms with Crippen molar-refractivity contribution in [2.24, 2.45) is 5.92 Å². The first-order valence-electron chi connectivity index (χ1n) is 6.90. The van der Waals surface area contributed by atoms with E-state index in [2.05, 4.69) is 30.2 Å². The van der Waals surface area contributed by atoms with Gasteiger partial charge in [-0.3, -0.25) is 4.98 Å². The van der Waals surface area contributed by atoms with Gasteiger partial charge in [0, 0.05) is 25.0 Å². The molecule has 0 aliphatic heterocycles. The maximum absolute atomic E-state index is 4.20. The molecule has 2 heteroatoms. The van der Waals surface area contributed by atoms with E-state index in [-0.39, 0.29) is 0 Å². The number of pyridine rings is 1. The van der Waals surface area contributed by atoms with E-state index in [0.717, 1.165) is 12.5 Å². The SMILES string of the molecule is Cc1ccncc1CN[C@H](C)C1CCCCC1. The average Bonchev–Trinajstić information content (AvgIpc) is 2.38. The Kier molecular flexibility index (Phi) is 4.55. The number of aryl methyl sites for hydroxylation is 1. The van der Waals surface area contributed by atoms with Crippen molar-refractivity contribution in [2.45, 2.75) is 58.5 Å². The summed E-state index contributed by atoms with van der Waals surface area (Å²) in [5.41, 5.74) is 2.67. The molecular weight excluding hydrogens is 208 g/mol. The minimum atomic E-state index is 0.634. The van der Waals surface area contributed by atoms with Crippen LogP contribution in [0.3, 0.4) is 0 Å². The second kappa shape index (κ2) is 6.15. The fourth-order valence-electron chi connectivity index (χ4n) is 2.75. The van der Waals surface area contributed by atoms with E-state index in [4.69, 9.17) is 0 Å². The van der Waals surface area contributed by atoms with Gasteiger partial charge >= 0.3 is 0 Å². The molecule has 1 aromatic heterocycles. The third-order valence-electron chi connectivity index (χ3n) is 4.12. The van der Waals surface area contributed by atoms with Gasteiger partial charge in [-0.1, -0.05) is 19.3 Å². The lowest BCUT2D eigenvalue weighted by Gasteiger charge is -2.28. The standard InChI is InChI=1S/C15H24N2/c1-12-8-9-16-10-15(12)11-17-13(2)14-6-4-3-5-7-14/h8-10,13-14,17H,3-7,11H2,1-2H3/t13-/m1/s1. The smallest absolute Gasteiger partial charge is 0.0315 e. The topological polar surface area (TPSA) is 24.9 Å². The molecule has 1 N–H and O–H groups in total. The van der Waals surface area contributed by atoms with Crippen LogP contribution in [0.5, 0.6) is 0 Å². The molecule has 1 atom stereocenters. The second-order valence-electron chi connectivity index (χ2n) is 5.37. The minimum absolute atomic E-state index is 0.634. The summed E-state index contributed by atoms with van der Waals surface area (Å²) in [7, 11) is 0. The first-order chi connectivity index (χ1) is 8.27. The van der Waals surface area contributed by atoms with E-state index in [1.165, 1.54) is 43.2 Å².